The number of nitrogens with zero attached hydrogens (tertiary/aromatic N) is 1. The number of rotatable bonds is 6. The Morgan fingerprint density at radius 1 is 1.30 bits per heavy atom. The average molecular weight is 272 g/mol. The van der Waals surface area contributed by atoms with Crippen LogP contribution in [-0.4, -0.2) is 25.7 Å². The Bertz CT molecular complexity index is 452. The summed E-state index contributed by atoms with van der Waals surface area (Å²) < 4.78 is 0. The largest absolute Gasteiger partial charge is 0.371 e. The second-order valence-corrected chi connectivity index (χ2v) is 6.97. The van der Waals surface area contributed by atoms with Crippen LogP contribution in [0.5, 0.6) is 0 Å². The molecule has 1 aromatic rings. The van der Waals surface area contributed by atoms with Gasteiger partial charge in [0, 0.05) is 31.4 Å². The molecule has 0 aromatic heterocycles. The van der Waals surface area contributed by atoms with Gasteiger partial charge in [-0.25, -0.2) is 0 Å². The number of hydrogen-bond acceptors (Lipinski definition) is 2. The number of para-hydroxylation sites is 1. The van der Waals surface area contributed by atoms with Gasteiger partial charge in [-0.05, 0) is 49.1 Å². The Morgan fingerprint density at radius 2 is 2.10 bits per heavy atom. The average Bonchev–Trinajstić information content (AvgIpc) is 3.30. The van der Waals surface area contributed by atoms with Crippen LogP contribution in [0, 0.1) is 5.41 Å². The molecule has 1 heterocycles. The van der Waals surface area contributed by atoms with Gasteiger partial charge in [0.05, 0.1) is 0 Å². The molecule has 1 aliphatic heterocycles. The fraction of sp³-hybridized carbons (Fsp3) is 0.667. The van der Waals surface area contributed by atoms with E-state index in [1.54, 1.807) is 0 Å². The predicted octanol–water partition coefficient (Wildman–Crippen LogP) is 3.61. The number of anilines is 1. The zero-order chi connectivity index (χ0) is 14.0. The van der Waals surface area contributed by atoms with Crippen LogP contribution in [0.25, 0.3) is 0 Å². The first kappa shape index (κ1) is 13.9. The van der Waals surface area contributed by atoms with Gasteiger partial charge in [-0.3, -0.25) is 0 Å². The van der Waals surface area contributed by atoms with Crippen molar-refractivity contribution in [2.75, 3.05) is 24.5 Å². The van der Waals surface area contributed by atoms with Crippen molar-refractivity contribution in [2.45, 2.75) is 52.0 Å². The summed E-state index contributed by atoms with van der Waals surface area (Å²) in [5.41, 5.74) is 3.39. The summed E-state index contributed by atoms with van der Waals surface area (Å²) in [6.07, 6.45) is 6.55. The lowest BCUT2D eigenvalue weighted by Gasteiger charge is -2.39. The molecule has 20 heavy (non-hydrogen) atoms. The first-order valence-electron chi connectivity index (χ1n) is 8.26. The summed E-state index contributed by atoms with van der Waals surface area (Å²) in [7, 11) is 0. The molecule has 3 rings (SSSR count). The molecular formula is C18H28N2. The second kappa shape index (κ2) is 5.77. The Balaban J connectivity index is 1.69. The Labute approximate surface area is 123 Å². The van der Waals surface area contributed by atoms with E-state index >= 15 is 0 Å². The van der Waals surface area contributed by atoms with Gasteiger partial charge in [-0.1, -0.05) is 32.0 Å². The van der Waals surface area contributed by atoms with E-state index in [0.717, 1.165) is 12.6 Å². The van der Waals surface area contributed by atoms with Crippen LogP contribution in [0.1, 0.15) is 45.1 Å². The molecule has 0 saturated heterocycles. The maximum Gasteiger partial charge on any atom is 0.0398 e. The van der Waals surface area contributed by atoms with Crippen molar-refractivity contribution in [3.05, 3.63) is 29.8 Å². The van der Waals surface area contributed by atoms with E-state index in [1.807, 2.05) is 0 Å². The van der Waals surface area contributed by atoms with E-state index in [2.05, 4.69) is 48.3 Å². The third-order valence-electron chi connectivity index (χ3n) is 5.03. The fourth-order valence-corrected chi connectivity index (χ4v) is 3.21. The smallest absolute Gasteiger partial charge is 0.0398 e. The lowest BCUT2D eigenvalue weighted by Crippen LogP contribution is -2.44. The number of nitrogens with one attached hydrogen (secondary N) is 1. The quantitative estimate of drug-likeness (QED) is 0.851. The van der Waals surface area contributed by atoms with Crippen LogP contribution < -0.4 is 10.2 Å². The van der Waals surface area contributed by atoms with Gasteiger partial charge < -0.3 is 10.2 Å². The Hall–Kier alpha value is -1.02. The molecule has 0 radical (unpaired) electrons. The summed E-state index contributed by atoms with van der Waals surface area (Å²) >= 11 is 0. The first-order chi connectivity index (χ1) is 9.70. The van der Waals surface area contributed by atoms with Crippen molar-refractivity contribution >= 4 is 5.69 Å². The highest BCUT2D eigenvalue weighted by molar-refractivity contribution is 5.55. The number of aryl methyl sites for hydroxylation is 1. The molecule has 1 aliphatic carbocycles. The minimum atomic E-state index is 0.382. The van der Waals surface area contributed by atoms with Crippen LogP contribution in [0.2, 0.25) is 0 Å². The van der Waals surface area contributed by atoms with Gasteiger partial charge in [0.25, 0.3) is 0 Å². The number of benzene rings is 1. The lowest BCUT2D eigenvalue weighted by atomic mass is 9.85. The molecule has 1 unspecified atom stereocenters. The van der Waals surface area contributed by atoms with Gasteiger partial charge in [0.1, 0.15) is 0 Å². The number of hydrogen-bond donors (Lipinski definition) is 1. The van der Waals surface area contributed by atoms with E-state index < -0.39 is 0 Å². The molecular weight excluding hydrogens is 244 g/mol. The molecule has 1 saturated carbocycles. The minimum absolute atomic E-state index is 0.382. The molecule has 2 nitrogen and oxygen atoms in total. The van der Waals surface area contributed by atoms with Gasteiger partial charge >= 0.3 is 0 Å². The van der Waals surface area contributed by atoms with Crippen molar-refractivity contribution in [1.29, 1.82) is 0 Å². The maximum absolute atomic E-state index is 3.73. The van der Waals surface area contributed by atoms with Crippen LogP contribution in [0.15, 0.2) is 24.3 Å². The van der Waals surface area contributed by atoms with Crippen LogP contribution in [0.3, 0.4) is 0 Å². The van der Waals surface area contributed by atoms with Crippen LogP contribution in [0.4, 0.5) is 5.69 Å². The highest BCUT2D eigenvalue weighted by Gasteiger charge is 2.30. The van der Waals surface area contributed by atoms with Crippen molar-refractivity contribution in [1.82, 2.24) is 5.32 Å². The maximum atomic E-state index is 3.73. The molecule has 1 N–H and O–H groups in total. The molecule has 1 atom stereocenters. The van der Waals surface area contributed by atoms with E-state index in [-0.39, 0.29) is 0 Å². The van der Waals surface area contributed by atoms with Crippen LogP contribution in [-0.2, 0) is 6.42 Å². The zero-order valence-corrected chi connectivity index (χ0v) is 13.0. The van der Waals surface area contributed by atoms with Crippen molar-refractivity contribution < 1.29 is 0 Å². The summed E-state index contributed by atoms with van der Waals surface area (Å²) in [4.78, 5) is 2.62. The van der Waals surface area contributed by atoms with E-state index in [9.17, 15) is 0 Å². The standard InChI is InChI=1S/C18H28N2/c1-3-18(2,13-19-16-10-11-16)14-20-12-6-8-15-7-4-5-9-17(15)20/h4-5,7,9,16,19H,3,6,8,10-14H2,1-2H3. The SMILES string of the molecule is CCC(C)(CNC1CC1)CN1CCCc2ccccc21. The Morgan fingerprint density at radius 3 is 2.85 bits per heavy atom. The fourth-order valence-electron chi connectivity index (χ4n) is 3.21. The molecule has 0 amide bonds. The molecule has 0 bridgehead atoms. The van der Waals surface area contributed by atoms with E-state index in [4.69, 9.17) is 0 Å². The van der Waals surface area contributed by atoms with Crippen molar-refractivity contribution in [2.24, 2.45) is 5.41 Å². The normalized spacial score (nSPS) is 21.4. The van der Waals surface area contributed by atoms with E-state index in [0.29, 0.717) is 5.41 Å². The topological polar surface area (TPSA) is 15.3 Å². The molecule has 1 aromatic carbocycles. The highest BCUT2D eigenvalue weighted by Crippen LogP contribution is 2.32. The van der Waals surface area contributed by atoms with Crippen molar-refractivity contribution in [3.63, 3.8) is 0 Å². The van der Waals surface area contributed by atoms with Gasteiger partial charge in [-0.2, -0.15) is 0 Å². The summed E-state index contributed by atoms with van der Waals surface area (Å²) in [6.45, 7) is 8.34. The van der Waals surface area contributed by atoms with Gasteiger partial charge in [0.15, 0.2) is 0 Å². The summed E-state index contributed by atoms with van der Waals surface area (Å²) in [5.74, 6) is 0. The number of fused-ring (bicyclic) bond motifs is 1. The monoisotopic (exact) mass is 272 g/mol. The van der Waals surface area contributed by atoms with Crippen LogP contribution >= 0.6 is 0 Å². The molecule has 1 fully saturated rings. The lowest BCUT2D eigenvalue weighted by molar-refractivity contribution is 0.292. The molecule has 2 heteroatoms. The summed E-state index contributed by atoms with van der Waals surface area (Å²) in [5, 5.41) is 3.73. The third kappa shape index (κ3) is 3.17. The first-order valence-corrected chi connectivity index (χ1v) is 8.26. The molecule has 110 valence electrons. The van der Waals surface area contributed by atoms with E-state index in [1.165, 1.54) is 56.4 Å². The predicted molar refractivity (Wildman–Crippen MR) is 86.4 cm³/mol. The second-order valence-electron chi connectivity index (χ2n) is 6.97. The summed E-state index contributed by atoms with van der Waals surface area (Å²) in [6, 6.07) is 9.78. The van der Waals surface area contributed by atoms with Gasteiger partial charge in [0.2, 0.25) is 0 Å². The van der Waals surface area contributed by atoms with Crippen molar-refractivity contribution in [3.8, 4) is 0 Å². The molecule has 2 aliphatic rings. The third-order valence-corrected chi connectivity index (χ3v) is 5.03. The Kier molecular flexibility index (Phi) is 4.02. The van der Waals surface area contributed by atoms with Gasteiger partial charge in [-0.15, -0.1) is 0 Å². The highest BCUT2D eigenvalue weighted by atomic mass is 15.1. The zero-order valence-electron chi connectivity index (χ0n) is 13.0. The molecule has 0 spiro atoms. The minimum Gasteiger partial charge on any atom is -0.371 e.